The summed E-state index contributed by atoms with van der Waals surface area (Å²) in [6.45, 7) is 3.49. The standard InChI is InChI=1S/C12H13Cl3N2OS/c1-3-12(2,10(16)19)11(18)17-9-7(14)4-6(13)5-8(9)15/h4-5H,3H2,1-2H3,(H2,16,19)(H,17,18). The molecule has 104 valence electrons. The molecule has 3 N–H and O–H groups in total. The highest BCUT2D eigenvalue weighted by Crippen LogP contribution is 2.35. The fourth-order valence-corrected chi connectivity index (χ4v) is 2.51. The van der Waals surface area contributed by atoms with Crippen molar-refractivity contribution < 1.29 is 4.79 Å². The van der Waals surface area contributed by atoms with Crippen molar-refractivity contribution in [1.29, 1.82) is 0 Å². The zero-order valence-electron chi connectivity index (χ0n) is 10.4. The Labute approximate surface area is 132 Å². The van der Waals surface area contributed by atoms with Crippen molar-refractivity contribution >= 4 is 63.6 Å². The van der Waals surface area contributed by atoms with Gasteiger partial charge in [0, 0.05) is 5.02 Å². The number of hydrogen-bond donors (Lipinski definition) is 2. The number of thiocarbonyl (C=S) groups is 1. The Kier molecular flexibility index (Phi) is 5.44. The van der Waals surface area contributed by atoms with Gasteiger partial charge >= 0.3 is 0 Å². The minimum Gasteiger partial charge on any atom is -0.392 e. The molecule has 3 nitrogen and oxygen atoms in total. The fourth-order valence-electron chi connectivity index (χ4n) is 1.36. The molecule has 1 unspecified atom stereocenters. The molecule has 7 heteroatoms. The molecule has 0 aromatic heterocycles. The van der Waals surface area contributed by atoms with Crippen LogP contribution in [0.25, 0.3) is 0 Å². The van der Waals surface area contributed by atoms with Crippen LogP contribution in [0.2, 0.25) is 15.1 Å². The van der Waals surface area contributed by atoms with Crippen molar-refractivity contribution in [1.82, 2.24) is 0 Å². The maximum absolute atomic E-state index is 12.3. The first-order valence-electron chi connectivity index (χ1n) is 5.48. The van der Waals surface area contributed by atoms with Crippen LogP contribution < -0.4 is 11.1 Å². The maximum Gasteiger partial charge on any atom is 0.237 e. The van der Waals surface area contributed by atoms with Crippen molar-refractivity contribution in [2.24, 2.45) is 11.1 Å². The number of rotatable bonds is 4. The molecular weight excluding hydrogens is 327 g/mol. The average Bonchev–Trinajstić information content (AvgIpc) is 2.31. The number of carbonyl (C=O) groups is 1. The minimum atomic E-state index is -0.957. The smallest absolute Gasteiger partial charge is 0.237 e. The second-order valence-electron chi connectivity index (χ2n) is 4.25. The lowest BCUT2D eigenvalue weighted by Crippen LogP contribution is -2.43. The van der Waals surface area contributed by atoms with Crippen LogP contribution >= 0.6 is 47.0 Å². The van der Waals surface area contributed by atoms with Gasteiger partial charge in [0.25, 0.3) is 0 Å². The van der Waals surface area contributed by atoms with Crippen molar-refractivity contribution in [3.05, 3.63) is 27.2 Å². The Balaban J connectivity index is 3.10. The van der Waals surface area contributed by atoms with E-state index in [1.165, 1.54) is 12.1 Å². The van der Waals surface area contributed by atoms with Gasteiger partial charge in [0.2, 0.25) is 5.91 Å². The summed E-state index contributed by atoms with van der Waals surface area (Å²) in [5.41, 5.74) is 4.96. The number of nitrogens with two attached hydrogens (primary N) is 1. The van der Waals surface area contributed by atoms with E-state index in [0.29, 0.717) is 17.1 Å². The van der Waals surface area contributed by atoms with Crippen LogP contribution in [0.1, 0.15) is 20.3 Å². The Morgan fingerprint density at radius 2 is 1.84 bits per heavy atom. The van der Waals surface area contributed by atoms with E-state index in [0.717, 1.165) is 0 Å². The number of anilines is 1. The first-order chi connectivity index (χ1) is 8.72. The van der Waals surface area contributed by atoms with E-state index in [1.54, 1.807) is 6.92 Å². The molecule has 1 amide bonds. The third kappa shape index (κ3) is 3.51. The van der Waals surface area contributed by atoms with Gasteiger partial charge in [-0.15, -0.1) is 0 Å². The number of benzene rings is 1. The van der Waals surface area contributed by atoms with Crippen LogP contribution in [0.15, 0.2) is 12.1 Å². The molecule has 19 heavy (non-hydrogen) atoms. The van der Waals surface area contributed by atoms with Crippen LogP contribution in [0.5, 0.6) is 0 Å². The maximum atomic E-state index is 12.3. The predicted molar refractivity (Wildman–Crippen MR) is 85.3 cm³/mol. The second-order valence-corrected chi connectivity index (χ2v) is 5.94. The molecular formula is C12H13Cl3N2OS. The van der Waals surface area contributed by atoms with Crippen LogP contribution in [0.3, 0.4) is 0 Å². The van der Waals surface area contributed by atoms with E-state index < -0.39 is 5.41 Å². The Bertz CT molecular complexity index is 513. The lowest BCUT2D eigenvalue weighted by Gasteiger charge is -2.26. The van der Waals surface area contributed by atoms with Gasteiger partial charge in [0.05, 0.1) is 26.1 Å². The Morgan fingerprint density at radius 3 is 2.21 bits per heavy atom. The summed E-state index contributed by atoms with van der Waals surface area (Å²) in [5.74, 6) is -0.353. The Hall–Kier alpha value is -0.550. The molecule has 1 rings (SSSR count). The van der Waals surface area contributed by atoms with E-state index in [1.807, 2.05) is 6.92 Å². The van der Waals surface area contributed by atoms with E-state index in [-0.39, 0.29) is 20.9 Å². The largest absolute Gasteiger partial charge is 0.392 e. The molecule has 1 aromatic rings. The van der Waals surface area contributed by atoms with Crippen LogP contribution in [-0.2, 0) is 4.79 Å². The molecule has 0 saturated carbocycles. The number of nitrogens with one attached hydrogen (secondary N) is 1. The molecule has 0 fully saturated rings. The van der Waals surface area contributed by atoms with Crippen molar-refractivity contribution in [3.63, 3.8) is 0 Å². The van der Waals surface area contributed by atoms with Gasteiger partial charge < -0.3 is 11.1 Å². The van der Waals surface area contributed by atoms with Gasteiger partial charge in [0.1, 0.15) is 0 Å². The predicted octanol–water partition coefficient (Wildman–Crippen LogP) is 4.29. The zero-order valence-corrected chi connectivity index (χ0v) is 13.5. The van der Waals surface area contributed by atoms with E-state index >= 15 is 0 Å². The van der Waals surface area contributed by atoms with Crippen LogP contribution in [-0.4, -0.2) is 10.9 Å². The quantitative estimate of drug-likeness (QED) is 0.805. The first kappa shape index (κ1) is 16.5. The van der Waals surface area contributed by atoms with Crippen molar-refractivity contribution in [3.8, 4) is 0 Å². The summed E-state index contributed by atoms with van der Waals surface area (Å²) in [4.78, 5) is 12.4. The third-order valence-electron chi connectivity index (χ3n) is 3.00. The van der Waals surface area contributed by atoms with Gasteiger partial charge in [0.15, 0.2) is 0 Å². The lowest BCUT2D eigenvalue weighted by atomic mass is 9.86. The SMILES string of the molecule is CCC(C)(C(=O)Nc1c(Cl)cc(Cl)cc1Cl)C(N)=S. The molecule has 1 aromatic carbocycles. The van der Waals surface area contributed by atoms with E-state index in [9.17, 15) is 4.79 Å². The molecule has 0 bridgehead atoms. The van der Waals surface area contributed by atoms with E-state index in [4.69, 9.17) is 52.8 Å². The monoisotopic (exact) mass is 338 g/mol. The molecule has 0 aliphatic carbocycles. The fraction of sp³-hybridized carbons (Fsp3) is 0.333. The van der Waals surface area contributed by atoms with Crippen LogP contribution in [0.4, 0.5) is 5.69 Å². The van der Waals surface area contributed by atoms with E-state index in [2.05, 4.69) is 5.32 Å². The topological polar surface area (TPSA) is 55.1 Å². The number of carbonyl (C=O) groups excluding carboxylic acids is 1. The molecule has 0 heterocycles. The van der Waals surface area contributed by atoms with Crippen molar-refractivity contribution in [2.45, 2.75) is 20.3 Å². The van der Waals surface area contributed by atoms with Gasteiger partial charge in [-0.3, -0.25) is 4.79 Å². The van der Waals surface area contributed by atoms with Gasteiger partial charge in [-0.25, -0.2) is 0 Å². The average molecular weight is 340 g/mol. The molecule has 0 radical (unpaired) electrons. The molecule has 0 saturated heterocycles. The summed E-state index contributed by atoms with van der Waals surface area (Å²) < 4.78 is 0. The molecule has 0 spiro atoms. The summed E-state index contributed by atoms with van der Waals surface area (Å²) in [7, 11) is 0. The highest BCUT2D eigenvalue weighted by atomic mass is 35.5. The summed E-state index contributed by atoms with van der Waals surface area (Å²) in [5, 5.41) is 3.55. The molecule has 0 aliphatic heterocycles. The number of halogens is 3. The van der Waals surface area contributed by atoms with Gasteiger partial charge in [-0.1, -0.05) is 53.9 Å². The number of hydrogen-bond acceptors (Lipinski definition) is 2. The van der Waals surface area contributed by atoms with Gasteiger partial charge in [-0.05, 0) is 25.5 Å². The minimum absolute atomic E-state index is 0.119. The van der Waals surface area contributed by atoms with Crippen molar-refractivity contribution in [2.75, 3.05) is 5.32 Å². The third-order valence-corrected chi connectivity index (χ3v) is 4.26. The van der Waals surface area contributed by atoms with Gasteiger partial charge in [-0.2, -0.15) is 0 Å². The zero-order chi connectivity index (χ0) is 14.8. The second kappa shape index (κ2) is 6.27. The molecule has 1 atom stereocenters. The summed E-state index contributed by atoms with van der Waals surface area (Å²) >= 11 is 22.8. The highest BCUT2D eigenvalue weighted by Gasteiger charge is 2.35. The summed E-state index contributed by atoms with van der Waals surface area (Å²) in [6, 6.07) is 2.99. The highest BCUT2D eigenvalue weighted by molar-refractivity contribution is 7.80. The number of amides is 1. The first-order valence-corrected chi connectivity index (χ1v) is 7.02. The Morgan fingerprint density at radius 1 is 1.37 bits per heavy atom. The van der Waals surface area contributed by atoms with Crippen LogP contribution in [0, 0.1) is 5.41 Å². The molecule has 0 aliphatic rings. The summed E-state index contributed by atoms with van der Waals surface area (Å²) in [6.07, 6.45) is 0.469. The normalized spacial score (nSPS) is 13.7. The lowest BCUT2D eigenvalue weighted by molar-refractivity contribution is -0.121.